The highest BCUT2D eigenvalue weighted by molar-refractivity contribution is 7.20. The fourth-order valence-corrected chi connectivity index (χ4v) is 4.38. The molecule has 27 heavy (non-hydrogen) atoms. The summed E-state index contributed by atoms with van der Waals surface area (Å²) in [5.74, 6) is 0.489. The molecule has 0 unspecified atom stereocenters. The molecule has 138 valence electrons. The molecule has 0 aliphatic rings. The molecule has 1 N–H and O–H groups in total. The normalized spacial score (nSPS) is 11.9. The number of benzene rings is 1. The molecule has 0 radical (unpaired) electrons. The summed E-state index contributed by atoms with van der Waals surface area (Å²) in [6.45, 7) is 8.50. The van der Waals surface area contributed by atoms with E-state index in [-0.39, 0.29) is 11.3 Å². The molecule has 0 spiro atoms. The Morgan fingerprint density at radius 3 is 2.70 bits per heavy atom. The second-order valence-electron chi connectivity index (χ2n) is 7.44. The largest absolute Gasteiger partial charge is 0.306 e. The number of aryl methyl sites for hydroxylation is 1. The first-order chi connectivity index (χ1) is 12.8. The molecule has 0 atom stereocenters. The molecule has 0 saturated heterocycles. The highest BCUT2D eigenvalue weighted by Crippen LogP contribution is 2.31. The van der Waals surface area contributed by atoms with Crippen LogP contribution in [0.3, 0.4) is 0 Å². The minimum atomic E-state index is -0.137. The summed E-state index contributed by atoms with van der Waals surface area (Å²) < 4.78 is 2.82. The number of carbonyl (C=O) groups excluding carboxylic acids is 1. The van der Waals surface area contributed by atoms with Crippen molar-refractivity contribution in [2.45, 2.75) is 33.1 Å². The average Bonchev–Trinajstić information content (AvgIpc) is 3.32. The van der Waals surface area contributed by atoms with Gasteiger partial charge in [-0.25, -0.2) is 4.98 Å². The molecule has 1 amide bonds. The zero-order valence-electron chi connectivity index (χ0n) is 15.6. The van der Waals surface area contributed by atoms with Crippen molar-refractivity contribution < 1.29 is 4.79 Å². The lowest BCUT2D eigenvalue weighted by atomic mass is 9.87. The van der Waals surface area contributed by atoms with E-state index < -0.39 is 0 Å². The molecule has 4 rings (SSSR count). The molecule has 3 aromatic heterocycles. The summed E-state index contributed by atoms with van der Waals surface area (Å²) in [5.41, 5.74) is 3.12. The summed E-state index contributed by atoms with van der Waals surface area (Å²) in [7, 11) is 0. The molecule has 0 fully saturated rings. The van der Waals surface area contributed by atoms with Gasteiger partial charge in [0.25, 0.3) is 5.91 Å². The third-order valence-corrected chi connectivity index (χ3v) is 6.10. The Morgan fingerprint density at radius 1 is 1.19 bits per heavy atom. The monoisotopic (exact) mass is 396 g/mol. The smallest absolute Gasteiger partial charge is 0.266 e. The summed E-state index contributed by atoms with van der Waals surface area (Å²) in [6, 6.07) is 11.9. The van der Waals surface area contributed by atoms with Crippen LogP contribution in [-0.4, -0.2) is 20.7 Å². The summed E-state index contributed by atoms with van der Waals surface area (Å²) in [4.78, 5) is 17.8. The van der Waals surface area contributed by atoms with Gasteiger partial charge >= 0.3 is 0 Å². The van der Waals surface area contributed by atoms with Gasteiger partial charge in [0.05, 0.1) is 20.8 Å². The maximum Gasteiger partial charge on any atom is 0.266 e. The van der Waals surface area contributed by atoms with Crippen LogP contribution in [-0.2, 0) is 5.41 Å². The molecular weight excluding hydrogens is 376 g/mol. The van der Waals surface area contributed by atoms with Gasteiger partial charge in [-0.15, -0.1) is 11.3 Å². The number of thiazole rings is 1. The van der Waals surface area contributed by atoms with Crippen molar-refractivity contribution in [1.29, 1.82) is 0 Å². The highest BCUT2D eigenvalue weighted by Gasteiger charge is 2.18. The van der Waals surface area contributed by atoms with E-state index in [1.165, 1.54) is 16.9 Å². The first-order valence-corrected chi connectivity index (χ1v) is 10.3. The van der Waals surface area contributed by atoms with Crippen molar-refractivity contribution in [3.05, 3.63) is 57.9 Å². The minimum absolute atomic E-state index is 0.0838. The predicted octanol–water partition coefficient (Wildman–Crippen LogP) is 5.40. The van der Waals surface area contributed by atoms with Gasteiger partial charge < -0.3 is 5.32 Å². The van der Waals surface area contributed by atoms with Gasteiger partial charge in [-0.3, -0.25) is 4.79 Å². The maximum atomic E-state index is 12.4. The van der Waals surface area contributed by atoms with Crippen molar-refractivity contribution in [2.75, 3.05) is 5.32 Å². The number of amides is 1. The van der Waals surface area contributed by atoms with E-state index >= 15 is 0 Å². The summed E-state index contributed by atoms with van der Waals surface area (Å²) >= 11 is 2.99. The fourth-order valence-electron chi connectivity index (χ4n) is 2.79. The Morgan fingerprint density at radius 2 is 2.00 bits per heavy atom. The van der Waals surface area contributed by atoms with Crippen LogP contribution in [0.5, 0.6) is 0 Å². The third-order valence-electron chi connectivity index (χ3n) is 4.24. The van der Waals surface area contributed by atoms with Crippen molar-refractivity contribution in [3.63, 3.8) is 0 Å². The van der Waals surface area contributed by atoms with Gasteiger partial charge in [0.15, 0.2) is 0 Å². The van der Waals surface area contributed by atoms with Crippen molar-refractivity contribution in [2.24, 2.45) is 0 Å². The molecular formula is C20H20N4OS2. The number of hydrogen-bond donors (Lipinski definition) is 1. The van der Waals surface area contributed by atoms with Gasteiger partial charge in [-0.1, -0.05) is 44.2 Å². The lowest BCUT2D eigenvalue weighted by molar-refractivity contribution is 0.103. The van der Waals surface area contributed by atoms with Crippen LogP contribution in [0.2, 0.25) is 0 Å². The summed E-state index contributed by atoms with van der Waals surface area (Å²) in [6.07, 6.45) is 0. The highest BCUT2D eigenvalue weighted by atomic mass is 32.1. The number of nitrogens with zero attached hydrogens (tertiary/aromatic N) is 3. The van der Waals surface area contributed by atoms with Crippen LogP contribution in [0, 0.1) is 6.92 Å². The number of anilines is 1. The standard InChI is InChI=1S/C20H20N4OS2/c1-12-10-17(22-18(25)15-6-5-9-26-15)24(23-12)19-21-14-8-7-13(20(2,3)4)11-16(14)27-19/h5-11H,1-4H3,(H,22,25). The molecule has 0 aliphatic heterocycles. The first-order valence-electron chi connectivity index (χ1n) is 8.64. The number of aromatic nitrogens is 3. The number of fused-ring (bicyclic) bond motifs is 1. The molecule has 5 nitrogen and oxygen atoms in total. The Labute approximate surface area is 165 Å². The number of hydrogen-bond acceptors (Lipinski definition) is 5. The number of nitrogens with one attached hydrogen (secondary N) is 1. The number of carbonyl (C=O) groups is 1. The number of thiophene rings is 1. The quantitative estimate of drug-likeness (QED) is 0.504. The lowest BCUT2D eigenvalue weighted by Gasteiger charge is -2.18. The minimum Gasteiger partial charge on any atom is -0.306 e. The molecule has 7 heteroatoms. The van der Waals surface area contributed by atoms with E-state index in [2.05, 4.69) is 49.4 Å². The van der Waals surface area contributed by atoms with E-state index in [1.54, 1.807) is 22.1 Å². The van der Waals surface area contributed by atoms with Gasteiger partial charge in [-0.05, 0) is 41.5 Å². The lowest BCUT2D eigenvalue weighted by Crippen LogP contribution is -2.13. The molecule has 0 aliphatic carbocycles. The zero-order chi connectivity index (χ0) is 19.2. The molecule has 0 bridgehead atoms. The molecule has 3 heterocycles. The Bertz CT molecular complexity index is 1120. The predicted molar refractivity (Wildman–Crippen MR) is 112 cm³/mol. The van der Waals surface area contributed by atoms with Crippen LogP contribution in [0.4, 0.5) is 5.82 Å². The third kappa shape index (κ3) is 3.52. The van der Waals surface area contributed by atoms with Crippen LogP contribution in [0.1, 0.15) is 41.7 Å². The van der Waals surface area contributed by atoms with E-state index in [4.69, 9.17) is 4.98 Å². The van der Waals surface area contributed by atoms with Crippen molar-refractivity contribution in [1.82, 2.24) is 14.8 Å². The molecule has 4 aromatic rings. The SMILES string of the molecule is Cc1cc(NC(=O)c2cccs2)n(-c2nc3ccc(C(C)(C)C)cc3s2)n1. The maximum absolute atomic E-state index is 12.4. The Hall–Kier alpha value is -2.51. The van der Waals surface area contributed by atoms with Crippen LogP contribution in [0.25, 0.3) is 15.3 Å². The fraction of sp³-hybridized carbons (Fsp3) is 0.250. The Balaban J connectivity index is 1.72. The van der Waals surface area contributed by atoms with Crippen LogP contribution in [0.15, 0.2) is 41.8 Å². The second-order valence-corrected chi connectivity index (χ2v) is 9.40. The van der Waals surface area contributed by atoms with Crippen LogP contribution < -0.4 is 5.32 Å². The summed E-state index contributed by atoms with van der Waals surface area (Å²) in [5, 5.41) is 10.1. The van der Waals surface area contributed by atoms with Gasteiger partial charge in [0.1, 0.15) is 5.82 Å². The first kappa shape index (κ1) is 17.9. The van der Waals surface area contributed by atoms with Gasteiger partial charge in [-0.2, -0.15) is 9.78 Å². The number of rotatable bonds is 3. The topological polar surface area (TPSA) is 59.8 Å². The van der Waals surface area contributed by atoms with Gasteiger partial charge in [0, 0.05) is 6.07 Å². The van der Waals surface area contributed by atoms with E-state index in [1.807, 2.05) is 24.4 Å². The average molecular weight is 397 g/mol. The molecule has 0 saturated carbocycles. The van der Waals surface area contributed by atoms with Crippen molar-refractivity contribution in [3.8, 4) is 5.13 Å². The van der Waals surface area contributed by atoms with Crippen molar-refractivity contribution >= 4 is 44.6 Å². The van der Waals surface area contributed by atoms with E-state index in [0.29, 0.717) is 10.7 Å². The zero-order valence-corrected chi connectivity index (χ0v) is 17.2. The Kier molecular flexibility index (Phi) is 4.36. The molecule has 1 aromatic carbocycles. The van der Waals surface area contributed by atoms with Gasteiger partial charge in [0.2, 0.25) is 5.13 Å². The van der Waals surface area contributed by atoms with E-state index in [9.17, 15) is 4.79 Å². The second kappa shape index (κ2) is 6.58. The van der Waals surface area contributed by atoms with Crippen LogP contribution >= 0.6 is 22.7 Å². The van der Waals surface area contributed by atoms with E-state index in [0.717, 1.165) is 21.0 Å².